The van der Waals surface area contributed by atoms with Crippen LogP contribution in [0.3, 0.4) is 0 Å². The molecule has 0 spiro atoms. The second kappa shape index (κ2) is 15.9. The second-order valence-corrected chi connectivity index (χ2v) is 0. The van der Waals surface area contributed by atoms with E-state index in [4.69, 9.17) is 0 Å². The Labute approximate surface area is 111 Å². The summed E-state index contributed by atoms with van der Waals surface area (Å²) in [6, 6.07) is 0. The zero-order chi connectivity index (χ0) is 0. The van der Waals surface area contributed by atoms with E-state index in [-0.39, 0.29) is 114 Å². The van der Waals surface area contributed by atoms with E-state index in [1.165, 1.54) is 0 Å². The summed E-state index contributed by atoms with van der Waals surface area (Å²) in [6.07, 6.45) is 0. The Morgan fingerprint density at radius 1 is 1.00 bits per heavy atom. The van der Waals surface area contributed by atoms with Crippen molar-refractivity contribution in [3.63, 3.8) is 0 Å². The third kappa shape index (κ3) is 9.23. The quantitative estimate of drug-likeness (QED) is 0.446. The van der Waals surface area contributed by atoms with E-state index in [1.807, 2.05) is 0 Å². The van der Waals surface area contributed by atoms with Crippen LogP contribution in [-0.4, -0.2) is 56.6 Å². The second-order valence-electron chi connectivity index (χ2n) is 0. The largest absolute Gasteiger partial charge is 0 e. The normalized spacial score (nSPS) is 0. The maximum Gasteiger partial charge on any atom is 0 e. The van der Waals surface area contributed by atoms with Crippen molar-refractivity contribution in [1.82, 2.24) is 0 Å². The maximum atomic E-state index is 0. The van der Waals surface area contributed by atoms with Crippen molar-refractivity contribution in [2.45, 2.75) is 0 Å². The predicted molar refractivity (Wildman–Crippen MR) is 15.7 cm³/mol. The molecular weight excluding hydrogens is 234 g/mol. The summed E-state index contributed by atoms with van der Waals surface area (Å²) in [4.78, 5) is 0. The minimum atomic E-state index is 0. The van der Waals surface area contributed by atoms with E-state index >= 15 is 0 Å². The summed E-state index contributed by atoms with van der Waals surface area (Å²) in [7, 11) is 0. The van der Waals surface area contributed by atoms with Gasteiger partial charge in [0.2, 0.25) is 0 Å². The minimum Gasteiger partial charge on any atom is 0 e. The standard InChI is InChI=1S/Ca.La.Li.Ti.3H. The summed E-state index contributed by atoms with van der Waals surface area (Å²) in [5.41, 5.74) is 0. The van der Waals surface area contributed by atoms with Gasteiger partial charge in [-0.3, -0.25) is 0 Å². The molecule has 0 bridgehead atoms. The van der Waals surface area contributed by atoms with Gasteiger partial charge in [-0.1, -0.05) is 0 Å². The van der Waals surface area contributed by atoms with E-state index in [1.54, 1.807) is 0 Å². The Morgan fingerprint density at radius 2 is 1.00 bits per heavy atom. The van der Waals surface area contributed by atoms with E-state index in [0.717, 1.165) is 0 Å². The molecule has 0 nitrogen and oxygen atoms in total. The third-order valence-corrected chi connectivity index (χ3v) is 0. The number of hydrogen-bond donors (Lipinski definition) is 0. The molecular formula is H3CaLaLiTi. The average molecular weight is 237 g/mol. The molecule has 13 valence electrons. The molecule has 1 radical (unpaired) electrons. The van der Waals surface area contributed by atoms with Gasteiger partial charge in [-0.25, -0.2) is 0 Å². The van der Waals surface area contributed by atoms with Crippen LogP contribution in [0.4, 0.5) is 0 Å². The van der Waals surface area contributed by atoms with Crippen LogP contribution in [0.15, 0.2) is 0 Å². The Hall–Kier alpha value is 3.77. The fraction of sp³-hybridized carbons (Fsp3) is 0. The molecule has 4 heteroatoms. The molecule has 4 heavy (non-hydrogen) atoms. The van der Waals surface area contributed by atoms with Gasteiger partial charge in [-0.15, -0.1) is 0 Å². The molecule has 0 aromatic carbocycles. The van der Waals surface area contributed by atoms with Crippen LogP contribution in [0.25, 0.3) is 0 Å². The summed E-state index contributed by atoms with van der Waals surface area (Å²) in [6.45, 7) is 0. The Bertz CT molecular complexity index is 8.00. The van der Waals surface area contributed by atoms with Crippen molar-refractivity contribution >= 4 is 56.6 Å². The molecule has 0 saturated heterocycles. The van der Waals surface area contributed by atoms with Gasteiger partial charge in [-0.2, -0.15) is 0 Å². The zero-order valence-corrected chi connectivity index (χ0v) is 6.26. The molecule has 0 N–H and O–H groups in total. The van der Waals surface area contributed by atoms with Crippen LogP contribution >= 0.6 is 0 Å². The Kier molecular flexibility index (Phi) is 99.4. The van der Waals surface area contributed by atoms with Crippen molar-refractivity contribution in [2.24, 2.45) is 0 Å². The van der Waals surface area contributed by atoms with E-state index in [2.05, 4.69) is 0 Å². The van der Waals surface area contributed by atoms with Crippen molar-refractivity contribution in [1.29, 1.82) is 0 Å². The van der Waals surface area contributed by atoms with E-state index in [0.29, 0.717) is 0 Å². The van der Waals surface area contributed by atoms with Crippen LogP contribution < -0.4 is 0 Å². The van der Waals surface area contributed by atoms with Gasteiger partial charge in [0.15, 0.2) is 0 Å². The maximum absolute atomic E-state index is 0. The van der Waals surface area contributed by atoms with Crippen LogP contribution in [0.5, 0.6) is 0 Å². The average Bonchev–Trinajstić information content (AvgIpc) is 0. The molecule has 0 aromatic rings. The Balaban J connectivity index is 0. The zero-order valence-electron chi connectivity index (χ0n) is 1.08. The van der Waals surface area contributed by atoms with Gasteiger partial charge >= 0.3 is 56.6 Å². The summed E-state index contributed by atoms with van der Waals surface area (Å²) in [5, 5.41) is 0. The van der Waals surface area contributed by atoms with E-state index < -0.39 is 0 Å². The first kappa shape index (κ1) is 25.1. The van der Waals surface area contributed by atoms with Gasteiger partial charge in [-0.05, 0) is 0 Å². The van der Waals surface area contributed by atoms with Crippen LogP contribution in [-0.2, 0) is 21.7 Å². The first-order chi connectivity index (χ1) is 0. The van der Waals surface area contributed by atoms with Gasteiger partial charge in [0.05, 0.1) is 0 Å². The molecule has 0 amide bonds. The van der Waals surface area contributed by atoms with Crippen molar-refractivity contribution in [3.8, 4) is 0 Å². The smallest absolute Gasteiger partial charge is 0 e. The van der Waals surface area contributed by atoms with Crippen molar-refractivity contribution in [2.75, 3.05) is 0 Å². The van der Waals surface area contributed by atoms with Crippen molar-refractivity contribution in [3.05, 3.63) is 0 Å². The van der Waals surface area contributed by atoms with Crippen LogP contribution in [0.2, 0.25) is 0 Å². The molecule has 0 atom stereocenters. The summed E-state index contributed by atoms with van der Waals surface area (Å²) < 4.78 is 0. The van der Waals surface area contributed by atoms with Crippen LogP contribution in [0.1, 0.15) is 0 Å². The summed E-state index contributed by atoms with van der Waals surface area (Å²) >= 11 is 0. The molecule has 0 fully saturated rings. The van der Waals surface area contributed by atoms with E-state index in [9.17, 15) is 0 Å². The Morgan fingerprint density at radius 3 is 1.00 bits per heavy atom. The molecule has 0 aliphatic carbocycles. The van der Waals surface area contributed by atoms with Gasteiger partial charge in [0, 0.05) is 57.3 Å². The predicted octanol–water partition coefficient (Wildman–Crippen LogP) is -1.57. The van der Waals surface area contributed by atoms with Crippen molar-refractivity contribution < 1.29 is 57.3 Å². The molecule has 0 heterocycles. The molecule has 0 rings (SSSR count). The number of hydrogen-bond acceptors (Lipinski definition) is 0. The fourth-order valence-corrected chi connectivity index (χ4v) is 0. The molecule has 0 aromatic heterocycles. The third-order valence-electron chi connectivity index (χ3n) is 0. The van der Waals surface area contributed by atoms with Gasteiger partial charge in [0.1, 0.15) is 0 Å². The molecule has 0 saturated carbocycles. The van der Waals surface area contributed by atoms with Crippen LogP contribution in [0, 0.1) is 35.6 Å². The fourth-order valence-electron chi connectivity index (χ4n) is 0. The first-order valence-electron chi connectivity index (χ1n) is 0. The van der Waals surface area contributed by atoms with Gasteiger partial charge < -0.3 is 0 Å². The SMILES string of the molecule is [CaH2].[La].[LiH].[Ti]. The first-order valence-corrected chi connectivity index (χ1v) is 0. The molecule has 0 aliphatic rings. The topological polar surface area (TPSA) is 0 Å². The summed E-state index contributed by atoms with van der Waals surface area (Å²) in [5.74, 6) is 0. The molecule has 0 aliphatic heterocycles. The number of rotatable bonds is 0. The molecule has 0 unspecified atom stereocenters. The monoisotopic (exact) mass is 237 g/mol. The minimum absolute atomic E-state index is 0. The van der Waals surface area contributed by atoms with Gasteiger partial charge in [0.25, 0.3) is 0 Å².